The van der Waals surface area contributed by atoms with E-state index in [0.29, 0.717) is 23.9 Å². The molecule has 2 heterocycles. The summed E-state index contributed by atoms with van der Waals surface area (Å²) in [4.78, 5) is 7.22. The molecule has 2 atom stereocenters. The number of aromatic nitrogens is 4. The van der Waals surface area contributed by atoms with Gasteiger partial charge in [0.1, 0.15) is 0 Å². The number of benzene rings is 1. The van der Waals surface area contributed by atoms with Crippen LogP contribution in [-0.4, -0.2) is 20.2 Å². The number of rotatable bonds is 7. The van der Waals surface area contributed by atoms with Gasteiger partial charge in [0.25, 0.3) is 0 Å². The van der Waals surface area contributed by atoms with E-state index in [0.717, 1.165) is 41.7 Å². The van der Waals surface area contributed by atoms with Crippen LogP contribution < -0.4 is 0 Å². The van der Waals surface area contributed by atoms with Crippen LogP contribution in [0.5, 0.6) is 0 Å². The molecule has 0 bridgehead atoms. The van der Waals surface area contributed by atoms with E-state index >= 15 is 0 Å². The monoisotopic (exact) mass is 422 g/mol. The summed E-state index contributed by atoms with van der Waals surface area (Å²) in [5.74, 6) is 1.22. The molecule has 4 nitrogen and oxygen atoms in total. The molecule has 2 unspecified atom stereocenters. The number of H-pyrrole nitrogens is 1. The number of nitrogens with one attached hydrogen (secondary N) is 1. The zero-order chi connectivity index (χ0) is 20.6. The van der Waals surface area contributed by atoms with Crippen LogP contribution in [0.2, 0.25) is 5.02 Å². The molecule has 1 fully saturated rings. The van der Waals surface area contributed by atoms with Gasteiger partial charge in [0.15, 0.2) is 5.65 Å². The topological polar surface area (TPSA) is 54.5 Å². The molecule has 1 aliphatic carbocycles. The predicted molar refractivity (Wildman–Crippen MR) is 106 cm³/mol. The van der Waals surface area contributed by atoms with E-state index in [1.807, 2.05) is 6.07 Å². The van der Waals surface area contributed by atoms with Crippen molar-refractivity contribution in [1.29, 1.82) is 0 Å². The van der Waals surface area contributed by atoms with E-state index in [-0.39, 0.29) is 10.9 Å². The first-order valence-corrected chi connectivity index (χ1v) is 10.3. The molecular formula is C21H22ClF3N4. The number of hydrogen-bond donors (Lipinski definition) is 1. The molecule has 0 saturated heterocycles. The lowest BCUT2D eigenvalue weighted by molar-refractivity contribution is -0.137. The zero-order valence-corrected chi connectivity index (χ0v) is 16.8. The lowest BCUT2D eigenvalue weighted by Gasteiger charge is -2.26. The molecule has 4 rings (SSSR count). The minimum absolute atomic E-state index is 0.177. The van der Waals surface area contributed by atoms with Crippen molar-refractivity contribution in [2.24, 2.45) is 11.8 Å². The number of hydrogen-bond acceptors (Lipinski definition) is 3. The first-order valence-electron chi connectivity index (χ1n) is 9.89. The van der Waals surface area contributed by atoms with Gasteiger partial charge in [-0.3, -0.25) is 0 Å². The SMILES string of the molecule is CCC(CCc1ccc(C(F)(F)F)cc1Cl)C(c1cc2[nH]cnc2nn1)C1CC1. The third-order valence-electron chi connectivity index (χ3n) is 5.87. The second kappa shape index (κ2) is 7.94. The fourth-order valence-electron chi connectivity index (χ4n) is 4.16. The Bertz CT molecular complexity index is 997. The van der Waals surface area contributed by atoms with Crippen molar-refractivity contribution >= 4 is 22.8 Å². The largest absolute Gasteiger partial charge is 0.416 e. The van der Waals surface area contributed by atoms with E-state index in [1.165, 1.54) is 18.9 Å². The van der Waals surface area contributed by atoms with E-state index in [2.05, 4.69) is 27.1 Å². The van der Waals surface area contributed by atoms with Gasteiger partial charge in [-0.2, -0.15) is 18.3 Å². The molecule has 29 heavy (non-hydrogen) atoms. The van der Waals surface area contributed by atoms with Gasteiger partial charge in [-0.05, 0) is 61.3 Å². The van der Waals surface area contributed by atoms with Crippen molar-refractivity contribution < 1.29 is 13.2 Å². The van der Waals surface area contributed by atoms with Gasteiger partial charge in [0, 0.05) is 10.9 Å². The lowest BCUT2D eigenvalue weighted by Crippen LogP contribution is -2.17. The molecule has 0 radical (unpaired) electrons. The molecule has 1 aliphatic rings. The summed E-state index contributed by atoms with van der Waals surface area (Å²) < 4.78 is 38.6. The van der Waals surface area contributed by atoms with Gasteiger partial charge in [0.05, 0.1) is 23.1 Å². The highest BCUT2D eigenvalue weighted by Crippen LogP contribution is 2.48. The van der Waals surface area contributed by atoms with Crippen LogP contribution in [0.25, 0.3) is 11.2 Å². The Morgan fingerprint density at radius 2 is 2.00 bits per heavy atom. The Morgan fingerprint density at radius 1 is 1.21 bits per heavy atom. The maximum atomic E-state index is 12.9. The number of fused-ring (bicyclic) bond motifs is 1. The number of nitrogens with zero attached hydrogens (tertiary/aromatic N) is 3. The predicted octanol–water partition coefficient (Wildman–Crippen LogP) is 6.18. The number of halogens is 4. The zero-order valence-electron chi connectivity index (χ0n) is 16.0. The van der Waals surface area contributed by atoms with Gasteiger partial charge in [-0.15, -0.1) is 5.10 Å². The normalized spacial score (nSPS) is 16.9. The number of alkyl halides is 3. The Labute approximate surface area is 171 Å². The average Bonchev–Trinajstić information content (AvgIpc) is 3.40. The van der Waals surface area contributed by atoms with Crippen molar-refractivity contribution in [1.82, 2.24) is 20.2 Å². The van der Waals surface area contributed by atoms with Crippen LogP contribution in [0.4, 0.5) is 13.2 Å². The fraction of sp³-hybridized carbons (Fsp3) is 0.476. The van der Waals surface area contributed by atoms with Crippen molar-refractivity contribution in [3.05, 3.63) is 52.4 Å². The second-order valence-electron chi connectivity index (χ2n) is 7.78. The highest BCUT2D eigenvalue weighted by atomic mass is 35.5. The Hall–Kier alpha value is -2.15. The summed E-state index contributed by atoms with van der Waals surface area (Å²) in [6, 6.07) is 5.67. The van der Waals surface area contributed by atoms with Gasteiger partial charge in [0.2, 0.25) is 0 Å². The summed E-state index contributed by atoms with van der Waals surface area (Å²) in [6.45, 7) is 2.15. The van der Waals surface area contributed by atoms with Gasteiger partial charge < -0.3 is 4.98 Å². The maximum absolute atomic E-state index is 12.9. The quantitative estimate of drug-likeness (QED) is 0.494. The smallest absolute Gasteiger partial charge is 0.343 e. The molecule has 1 N–H and O–H groups in total. The first kappa shape index (κ1) is 20.1. The molecule has 1 aromatic carbocycles. The molecule has 2 aromatic heterocycles. The van der Waals surface area contributed by atoms with E-state index in [9.17, 15) is 13.2 Å². The van der Waals surface area contributed by atoms with Crippen LogP contribution in [-0.2, 0) is 12.6 Å². The molecule has 154 valence electrons. The minimum Gasteiger partial charge on any atom is -0.343 e. The highest BCUT2D eigenvalue weighted by molar-refractivity contribution is 6.31. The summed E-state index contributed by atoms with van der Waals surface area (Å²) in [5, 5.41) is 8.85. The third-order valence-corrected chi connectivity index (χ3v) is 6.22. The molecule has 1 saturated carbocycles. The highest BCUT2D eigenvalue weighted by Gasteiger charge is 2.38. The minimum atomic E-state index is -4.38. The molecule has 0 aliphatic heterocycles. The number of aryl methyl sites for hydroxylation is 1. The van der Waals surface area contributed by atoms with E-state index in [4.69, 9.17) is 11.6 Å². The van der Waals surface area contributed by atoms with Crippen LogP contribution in [0, 0.1) is 11.8 Å². The molecular weight excluding hydrogens is 401 g/mol. The van der Waals surface area contributed by atoms with Crippen molar-refractivity contribution in [2.75, 3.05) is 0 Å². The second-order valence-corrected chi connectivity index (χ2v) is 8.19. The molecule has 8 heteroatoms. The van der Waals surface area contributed by atoms with Crippen LogP contribution in [0.15, 0.2) is 30.6 Å². The van der Waals surface area contributed by atoms with Gasteiger partial charge in [-0.1, -0.05) is 31.0 Å². The first-order chi connectivity index (χ1) is 13.9. The number of aromatic amines is 1. The number of imidazole rings is 1. The van der Waals surface area contributed by atoms with Crippen molar-refractivity contribution in [3.63, 3.8) is 0 Å². The summed E-state index contributed by atoms with van der Waals surface area (Å²) in [6.07, 6.45) is 2.01. The van der Waals surface area contributed by atoms with E-state index in [1.54, 1.807) is 6.33 Å². The third kappa shape index (κ3) is 4.39. The van der Waals surface area contributed by atoms with Crippen LogP contribution in [0.1, 0.15) is 55.3 Å². The summed E-state index contributed by atoms with van der Waals surface area (Å²) in [7, 11) is 0. The average molecular weight is 423 g/mol. The fourth-order valence-corrected chi connectivity index (χ4v) is 4.43. The standard InChI is InChI=1S/C21H22ClF3N4/c1-2-12(3-4-13-7-8-15(9-16(13)22)21(23,24)25)19(14-5-6-14)17-10-18-20(29-28-17)27-11-26-18/h7-12,14,19H,2-6H2,1H3,(H,26,27,29). The Kier molecular flexibility index (Phi) is 5.51. The van der Waals surface area contributed by atoms with Crippen molar-refractivity contribution in [3.8, 4) is 0 Å². The van der Waals surface area contributed by atoms with Crippen LogP contribution >= 0.6 is 11.6 Å². The Balaban J connectivity index is 1.52. The van der Waals surface area contributed by atoms with Gasteiger partial charge >= 0.3 is 6.18 Å². The molecule has 0 spiro atoms. The molecule has 0 amide bonds. The summed E-state index contributed by atoms with van der Waals surface area (Å²) >= 11 is 6.15. The lowest BCUT2D eigenvalue weighted by atomic mass is 9.80. The van der Waals surface area contributed by atoms with E-state index < -0.39 is 11.7 Å². The maximum Gasteiger partial charge on any atom is 0.416 e. The van der Waals surface area contributed by atoms with Gasteiger partial charge in [-0.25, -0.2) is 4.98 Å². The van der Waals surface area contributed by atoms with Crippen LogP contribution in [0.3, 0.4) is 0 Å². The Morgan fingerprint density at radius 3 is 2.66 bits per heavy atom. The van der Waals surface area contributed by atoms with Crippen molar-refractivity contribution in [2.45, 2.75) is 51.1 Å². The summed E-state index contributed by atoms with van der Waals surface area (Å²) in [5.41, 5.74) is 2.49. The molecule has 3 aromatic rings.